The highest BCUT2D eigenvalue weighted by Crippen LogP contribution is 2.11. The van der Waals surface area contributed by atoms with Crippen LogP contribution in [-0.2, 0) is 13.0 Å². The molecular formula is C21H26ClN3O. The Morgan fingerprint density at radius 1 is 1.04 bits per heavy atom. The predicted molar refractivity (Wildman–Crippen MR) is 107 cm³/mol. The topological polar surface area (TPSA) is 35.6 Å². The lowest BCUT2D eigenvalue weighted by molar-refractivity contribution is 0.135. The molecule has 2 aromatic rings. The van der Waals surface area contributed by atoms with E-state index in [0.717, 1.165) is 44.2 Å². The lowest BCUT2D eigenvalue weighted by atomic mass is 10.1. The number of hydrogen-bond acceptors (Lipinski definition) is 2. The van der Waals surface area contributed by atoms with Crippen molar-refractivity contribution < 1.29 is 4.79 Å². The monoisotopic (exact) mass is 371 g/mol. The van der Waals surface area contributed by atoms with Crippen LogP contribution in [0.4, 0.5) is 4.79 Å². The average Bonchev–Trinajstić information content (AvgIpc) is 2.64. The van der Waals surface area contributed by atoms with Gasteiger partial charge in [0.2, 0.25) is 0 Å². The highest BCUT2D eigenvalue weighted by molar-refractivity contribution is 6.30. The second-order valence-electron chi connectivity index (χ2n) is 6.86. The minimum absolute atomic E-state index is 0.0363. The van der Waals surface area contributed by atoms with Crippen LogP contribution in [0, 0.1) is 6.92 Å². The van der Waals surface area contributed by atoms with E-state index in [1.807, 2.05) is 29.2 Å². The van der Waals surface area contributed by atoms with Crippen LogP contribution in [0.25, 0.3) is 0 Å². The van der Waals surface area contributed by atoms with Gasteiger partial charge < -0.3 is 10.2 Å². The van der Waals surface area contributed by atoms with Gasteiger partial charge >= 0.3 is 6.03 Å². The van der Waals surface area contributed by atoms with Crippen LogP contribution in [0.2, 0.25) is 5.02 Å². The zero-order valence-corrected chi connectivity index (χ0v) is 16.0. The molecule has 4 nitrogen and oxygen atoms in total. The Morgan fingerprint density at radius 2 is 1.77 bits per heavy atom. The molecular weight excluding hydrogens is 346 g/mol. The molecule has 1 N–H and O–H groups in total. The lowest BCUT2D eigenvalue weighted by Crippen LogP contribution is -2.51. The molecule has 5 heteroatoms. The van der Waals surface area contributed by atoms with Crippen molar-refractivity contribution in [3.8, 4) is 0 Å². The number of carbonyl (C=O) groups excluding carboxylic acids is 1. The predicted octanol–water partition coefficient (Wildman–Crippen LogP) is 3.72. The summed E-state index contributed by atoms with van der Waals surface area (Å²) in [6, 6.07) is 16.4. The van der Waals surface area contributed by atoms with Crippen LogP contribution < -0.4 is 5.32 Å². The first-order valence-electron chi connectivity index (χ1n) is 9.15. The van der Waals surface area contributed by atoms with Crippen molar-refractivity contribution in [1.29, 1.82) is 0 Å². The number of rotatable bonds is 5. The molecule has 0 aliphatic carbocycles. The van der Waals surface area contributed by atoms with Crippen LogP contribution in [0.15, 0.2) is 48.5 Å². The fourth-order valence-corrected chi connectivity index (χ4v) is 3.38. The van der Waals surface area contributed by atoms with Gasteiger partial charge in [0.05, 0.1) is 0 Å². The van der Waals surface area contributed by atoms with E-state index in [2.05, 4.69) is 41.4 Å². The summed E-state index contributed by atoms with van der Waals surface area (Å²) >= 11 is 5.89. The van der Waals surface area contributed by atoms with Crippen LogP contribution in [0.3, 0.4) is 0 Å². The van der Waals surface area contributed by atoms with Gasteiger partial charge in [0.25, 0.3) is 0 Å². The zero-order chi connectivity index (χ0) is 18.4. The van der Waals surface area contributed by atoms with Gasteiger partial charge in [-0.05, 0) is 36.6 Å². The molecule has 1 fully saturated rings. The first kappa shape index (κ1) is 18.7. The molecule has 1 saturated heterocycles. The molecule has 0 radical (unpaired) electrons. The maximum atomic E-state index is 12.3. The number of amides is 2. The number of benzene rings is 2. The van der Waals surface area contributed by atoms with Crippen LogP contribution in [-0.4, -0.2) is 48.6 Å². The summed E-state index contributed by atoms with van der Waals surface area (Å²) in [5.74, 6) is 0. The maximum absolute atomic E-state index is 12.3. The van der Waals surface area contributed by atoms with Crippen molar-refractivity contribution >= 4 is 17.6 Å². The Kier molecular flexibility index (Phi) is 6.53. The van der Waals surface area contributed by atoms with Crippen LogP contribution in [0.5, 0.6) is 0 Å². The summed E-state index contributed by atoms with van der Waals surface area (Å²) in [5, 5.41) is 3.76. The van der Waals surface area contributed by atoms with Crippen LogP contribution >= 0.6 is 11.6 Å². The standard InChI is InChI=1S/C21H26ClN3O/c1-17-3-2-4-19(15-17)16-24-11-13-25(14-12-24)21(26)23-10-9-18-5-7-20(22)8-6-18/h2-8,15H,9-14,16H2,1H3,(H,23,26). The van der Waals surface area contributed by atoms with Gasteiger partial charge in [-0.3, -0.25) is 4.90 Å². The Bertz CT molecular complexity index is 724. The molecule has 1 aliphatic heterocycles. The second kappa shape index (κ2) is 9.06. The minimum atomic E-state index is 0.0363. The summed E-state index contributed by atoms with van der Waals surface area (Å²) in [4.78, 5) is 16.6. The minimum Gasteiger partial charge on any atom is -0.338 e. The van der Waals surface area contributed by atoms with Crippen molar-refractivity contribution in [3.63, 3.8) is 0 Å². The fourth-order valence-electron chi connectivity index (χ4n) is 3.25. The zero-order valence-electron chi connectivity index (χ0n) is 15.2. The van der Waals surface area contributed by atoms with E-state index in [4.69, 9.17) is 11.6 Å². The van der Waals surface area contributed by atoms with Gasteiger partial charge in [-0.15, -0.1) is 0 Å². The molecule has 26 heavy (non-hydrogen) atoms. The van der Waals surface area contributed by atoms with Gasteiger partial charge in [-0.2, -0.15) is 0 Å². The molecule has 0 spiro atoms. The first-order valence-corrected chi connectivity index (χ1v) is 9.53. The van der Waals surface area contributed by atoms with Crippen molar-refractivity contribution in [2.45, 2.75) is 19.9 Å². The number of nitrogens with zero attached hydrogens (tertiary/aromatic N) is 2. The number of halogens is 1. The Morgan fingerprint density at radius 3 is 2.46 bits per heavy atom. The molecule has 0 atom stereocenters. The average molecular weight is 372 g/mol. The van der Waals surface area contributed by atoms with Gasteiger partial charge in [0, 0.05) is 44.3 Å². The summed E-state index contributed by atoms with van der Waals surface area (Å²) in [6.07, 6.45) is 0.816. The van der Waals surface area contributed by atoms with Gasteiger partial charge in [0.1, 0.15) is 0 Å². The number of carbonyl (C=O) groups is 1. The smallest absolute Gasteiger partial charge is 0.317 e. The van der Waals surface area contributed by atoms with E-state index < -0.39 is 0 Å². The maximum Gasteiger partial charge on any atom is 0.317 e. The summed E-state index contributed by atoms with van der Waals surface area (Å²) < 4.78 is 0. The molecule has 1 heterocycles. The number of hydrogen-bond donors (Lipinski definition) is 1. The fraction of sp³-hybridized carbons (Fsp3) is 0.381. The van der Waals surface area contributed by atoms with Crippen molar-refractivity contribution in [2.24, 2.45) is 0 Å². The second-order valence-corrected chi connectivity index (χ2v) is 7.30. The van der Waals surface area contributed by atoms with E-state index in [1.165, 1.54) is 16.7 Å². The van der Waals surface area contributed by atoms with Crippen molar-refractivity contribution in [2.75, 3.05) is 32.7 Å². The molecule has 2 amide bonds. The van der Waals surface area contributed by atoms with Crippen molar-refractivity contribution in [1.82, 2.24) is 15.1 Å². The van der Waals surface area contributed by atoms with Crippen molar-refractivity contribution in [3.05, 3.63) is 70.2 Å². The highest BCUT2D eigenvalue weighted by Gasteiger charge is 2.20. The van der Waals surface area contributed by atoms with Gasteiger partial charge in [-0.25, -0.2) is 4.79 Å². The largest absolute Gasteiger partial charge is 0.338 e. The van der Waals surface area contributed by atoms with Gasteiger partial charge in [0.15, 0.2) is 0 Å². The molecule has 1 aliphatic rings. The number of aryl methyl sites for hydroxylation is 1. The number of urea groups is 1. The third kappa shape index (κ3) is 5.48. The van der Waals surface area contributed by atoms with E-state index in [0.29, 0.717) is 6.54 Å². The molecule has 2 aromatic carbocycles. The normalized spacial score (nSPS) is 15.1. The molecule has 0 bridgehead atoms. The third-order valence-corrected chi connectivity index (χ3v) is 5.00. The molecule has 0 saturated carbocycles. The SMILES string of the molecule is Cc1cccc(CN2CCN(C(=O)NCCc3ccc(Cl)cc3)CC2)c1. The Hall–Kier alpha value is -2.04. The van der Waals surface area contributed by atoms with E-state index in [9.17, 15) is 4.79 Å². The molecule has 138 valence electrons. The third-order valence-electron chi connectivity index (χ3n) is 4.75. The lowest BCUT2D eigenvalue weighted by Gasteiger charge is -2.34. The van der Waals surface area contributed by atoms with E-state index in [-0.39, 0.29) is 6.03 Å². The van der Waals surface area contributed by atoms with E-state index >= 15 is 0 Å². The number of piperazine rings is 1. The Balaban J connectivity index is 1.38. The summed E-state index contributed by atoms with van der Waals surface area (Å²) in [7, 11) is 0. The van der Waals surface area contributed by atoms with E-state index in [1.54, 1.807) is 0 Å². The van der Waals surface area contributed by atoms with Gasteiger partial charge in [-0.1, -0.05) is 53.6 Å². The highest BCUT2D eigenvalue weighted by atomic mass is 35.5. The summed E-state index contributed by atoms with van der Waals surface area (Å²) in [6.45, 7) is 7.10. The summed E-state index contributed by atoms with van der Waals surface area (Å²) in [5.41, 5.74) is 3.81. The number of nitrogens with one attached hydrogen (secondary N) is 1. The Labute approximate surface area is 160 Å². The van der Waals surface area contributed by atoms with Crippen LogP contribution in [0.1, 0.15) is 16.7 Å². The first-order chi connectivity index (χ1) is 12.6. The molecule has 0 aromatic heterocycles. The molecule has 3 rings (SSSR count). The quantitative estimate of drug-likeness (QED) is 0.869. The molecule has 0 unspecified atom stereocenters.